The van der Waals surface area contributed by atoms with Gasteiger partial charge in [-0.15, -0.1) is 0 Å². The Hall–Kier alpha value is -3.53. The second kappa shape index (κ2) is 10.3. The Morgan fingerprint density at radius 2 is 1.63 bits per heavy atom. The average molecular weight is 554 g/mol. The third kappa shape index (κ3) is 5.65. The first-order valence-corrected chi connectivity index (χ1v) is 11.9. The molecule has 3 aromatic carbocycles. The Labute approximate surface area is 219 Å². The second-order valence-corrected chi connectivity index (χ2v) is 9.30. The lowest BCUT2D eigenvalue weighted by Crippen LogP contribution is -2.40. The van der Waals surface area contributed by atoms with Crippen molar-refractivity contribution in [2.24, 2.45) is 5.10 Å². The van der Waals surface area contributed by atoms with Gasteiger partial charge in [0.2, 0.25) is 5.91 Å². The van der Waals surface area contributed by atoms with Gasteiger partial charge in [-0.05, 0) is 48.4 Å². The largest absolute Gasteiger partial charge is 0.417 e. The van der Waals surface area contributed by atoms with Crippen molar-refractivity contribution in [2.75, 3.05) is 18.4 Å². The van der Waals surface area contributed by atoms with Crippen molar-refractivity contribution in [1.82, 2.24) is 5.01 Å². The fraction of sp³-hybridized carbons (Fsp3) is 0.259. The first-order valence-electron chi connectivity index (χ1n) is 11.6. The Balaban J connectivity index is 1.63. The summed E-state index contributed by atoms with van der Waals surface area (Å²) in [6.07, 6.45) is -8.59. The lowest BCUT2D eigenvalue weighted by Gasteiger charge is -2.31. The molecule has 1 aliphatic rings. The maximum absolute atomic E-state index is 13.3. The van der Waals surface area contributed by atoms with Crippen LogP contribution in [-0.2, 0) is 22.6 Å². The van der Waals surface area contributed by atoms with Crippen LogP contribution in [0.5, 0.6) is 0 Å². The summed E-state index contributed by atoms with van der Waals surface area (Å²) in [6.45, 7) is 1.94. The van der Waals surface area contributed by atoms with Crippen LogP contribution < -0.4 is 5.32 Å². The number of rotatable bonds is 6. The molecular formula is C27H22ClF6N3O. The molecule has 200 valence electrons. The van der Waals surface area contributed by atoms with E-state index in [1.807, 2.05) is 37.3 Å². The number of amides is 1. The molecule has 0 spiro atoms. The molecule has 1 N–H and O–H groups in total. The highest BCUT2D eigenvalue weighted by molar-refractivity contribution is 6.32. The van der Waals surface area contributed by atoms with Crippen LogP contribution in [0.3, 0.4) is 0 Å². The van der Waals surface area contributed by atoms with Crippen LogP contribution in [0.2, 0.25) is 5.02 Å². The number of carbonyl (C=O) groups excluding carboxylic acids is 1. The molecule has 3 aromatic rings. The van der Waals surface area contributed by atoms with Gasteiger partial charge < -0.3 is 5.32 Å². The van der Waals surface area contributed by atoms with Gasteiger partial charge >= 0.3 is 12.4 Å². The molecule has 11 heteroatoms. The molecular weight excluding hydrogens is 532 g/mol. The number of alkyl halides is 6. The molecule has 0 bridgehead atoms. The molecule has 1 heterocycles. The van der Waals surface area contributed by atoms with E-state index in [-0.39, 0.29) is 18.8 Å². The van der Waals surface area contributed by atoms with E-state index in [1.165, 1.54) is 17.1 Å². The summed E-state index contributed by atoms with van der Waals surface area (Å²) in [5.41, 5.74) is -0.651. The molecule has 1 unspecified atom stereocenters. The molecule has 4 nitrogen and oxygen atoms in total. The first-order chi connectivity index (χ1) is 17.8. The maximum Gasteiger partial charge on any atom is 0.417 e. The summed E-state index contributed by atoms with van der Waals surface area (Å²) >= 11 is 6.00. The number of nitrogens with one attached hydrogen (secondary N) is 1. The smallest absolute Gasteiger partial charge is 0.324 e. The molecule has 1 aliphatic heterocycles. The summed E-state index contributed by atoms with van der Waals surface area (Å²) in [5, 5.41) is 8.21. The summed E-state index contributed by atoms with van der Waals surface area (Å²) in [7, 11) is 0. The number of anilines is 1. The van der Waals surface area contributed by atoms with Crippen LogP contribution in [0.25, 0.3) is 0 Å². The van der Waals surface area contributed by atoms with Crippen molar-refractivity contribution in [3.8, 4) is 0 Å². The lowest BCUT2D eigenvalue weighted by atomic mass is 9.72. The number of hydrazone groups is 1. The number of hydrogen-bond donors (Lipinski definition) is 1. The monoisotopic (exact) mass is 553 g/mol. The van der Waals surface area contributed by atoms with Crippen LogP contribution in [0.15, 0.2) is 77.9 Å². The van der Waals surface area contributed by atoms with Crippen LogP contribution in [0.1, 0.15) is 35.6 Å². The molecule has 0 radical (unpaired) electrons. The molecule has 0 saturated carbocycles. The minimum atomic E-state index is -4.61. The highest BCUT2D eigenvalue weighted by Gasteiger charge is 2.44. The van der Waals surface area contributed by atoms with Crippen molar-refractivity contribution in [3.05, 3.63) is 100 Å². The van der Waals surface area contributed by atoms with Gasteiger partial charge in [0, 0.05) is 11.3 Å². The van der Waals surface area contributed by atoms with Gasteiger partial charge in [-0.1, -0.05) is 54.9 Å². The maximum atomic E-state index is 13.3. The Morgan fingerprint density at radius 3 is 2.18 bits per heavy atom. The topological polar surface area (TPSA) is 44.7 Å². The molecule has 0 aromatic heterocycles. The fourth-order valence-electron chi connectivity index (χ4n) is 4.55. The zero-order chi connectivity index (χ0) is 27.7. The van der Waals surface area contributed by atoms with E-state index in [0.29, 0.717) is 17.7 Å². The van der Waals surface area contributed by atoms with Crippen molar-refractivity contribution in [1.29, 1.82) is 0 Å². The highest BCUT2D eigenvalue weighted by atomic mass is 35.5. The minimum absolute atomic E-state index is 0.186. The van der Waals surface area contributed by atoms with Crippen molar-refractivity contribution < 1.29 is 31.1 Å². The minimum Gasteiger partial charge on any atom is -0.324 e. The second-order valence-electron chi connectivity index (χ2n) is 8.89. The van der Waals surface area contributed by atoms with Gasteiger partial charge in [-0.3, -0.25) is 9.80 Å². The predicted octanol–water partition coefficient (Wildman–Crippen LogP) is 7.38. The molecule has 0 saturated heterocycles. The quantitative estimate of drug-likeness (QED) is 0.324. The van der Waals surface area contributed by atoms with Gasteiger partial charge in [-0.2, -0.15) is 31.4 Å². The number of benzene rings is 3. The van der Waals surface area contributed by atoms with E-state index in [4.69, 9.17) is 11.6 Å². The predicted molar refractivity (Wildman–Crippen MR) is 133 cm³/mol. The third-order valence-electron chi connectivity index (χ3n) is 6.45. The molecule has 1 atom stereocenters. The van der Waals surface area contributed by atoms with E-state index in [1.54, 1.807) is 0 Å². The van der Waals surface area contributed by atoms with Crippen LogP contribution in [-0.4, -0.2) is 29.7 Å². The molecule has 0 aliphatic carbocycles. The number of hydrogen-bond acceptors (Lipinski definition) is 3. The highest BCUT2D eigenvalue weighted by Crippen LogP contribution is 2.41. The lowest BCUT2D eigenvalue weighted by molar-refractivity contribution is -0.138. The molecule has 38 heavy (non-hydrogen) atoms. The van der Waals surface area contributed by atoms with Crippen LogP contribution in [0.4, 0.5) is 32.0 Å². The van der Waals surface area contributed by atoms with Gasteiger partial charge in [0.25, 0.3) is 0 Å². The standard InChI is InChI=1S/C27H22ClF6N3O/c1-2-25(18-6-4-3-5-7-18)16-37(15-23(38)35-20-11-9-19(10-12-20)26(29,30)31)36-24(25)17-8-13-21(22(28)14-17)27(32,33)34/h3-14H,2,15-16H2,1H3,(H,35,38). The Morgan fingerprint density at radius 1 is 0.974 bits per heavy atom. The molecule has 1 amide bonds. The molecule has 0 fully saturated rings. The van der Waals surface area contributed by atoms with E-state index in [2.05, 4.69) is 10.4 Å². The zero-order valence-corrected chi connectivity index (χ0v) is 20.8. The summed E-state index contributed by atoms with van der Waals surface area (Å²) in [5.74, 6) is -0.515. The summed E-state index contributed by atoms with van der Waals surface area (Å²) in [4.78, 5) is 12.7. The number of carbonyl (C=O) groups is 1. The zero-order valence-electron chi connectivity index (χ0n) is 20.0. The normalized spacial score (nSPS) is 17.9. The van der Waals surface area contributed by atoms with E-state index in [9.17, 15) is 31.1 Å². The van der Waals surface area contributed by atoms with Gasteiger partial charge in [0.1, 0.15) is 6.54 Å². The first kappa shape index (κ1) is 27.5. The number of nitrogens with zero attached hydrogens (tertiary/aromatic N) is 2. The van der Waals surface area contributed by atoms with Crippen LogP contribution in [0, 0.1) is 0 Å². The van der Waals surface area contributed by atoms with Crippen molar-refractivity contribution in [3.63, 3.8) is 0 Å². The Bertz CT molecular complexity index is 1340. The summed E-state index contributed by atoms with van der Waals surface area (Å²) in [6, 6.07) is 16.8. The van der Waals surface area contributed by atoms with Gasteiger partial charge in [0.05, 0.1) is 33.8 Å². The van der Waals surface area contributed by atoms with Crippen LogP contribution >= 0.6 is 11.6 Å². The number of halogens is 7. The van der Waals surface area contributed by atoms with E-state index in [0.717, 1.165) is 35.9 Å². The Kier molecular flexibility index (Phi) is 7.47. The molecule has 4 rings (SSSR count). The third-order valence-corrected chi connectivity index (χ3v) is 6.76. The average Bonchev–Trinajstić information content (AvgIpc) is 3.22. The fourth-order valence-corrected chi connectivity index (χ4v) is 4.84. The van der Waals surface area contributed by atoms with Gasteiger partial charge in [-0.25, -0.2) is 0 Å². The SMILES string of the molecule is CCC1(c2ccccc2)CN(CC(=O)Nc2ccc(C(F)(F)F)cc2)N=C1c1ccc(C(F)(F)F)c(Cl)c1. The van der Waals surface area contributed by atoms with Crippen molar-refractivity contribution >= 4 is 28.9 Å². The van der Waals surface area contributed by atoms with Crippen molar-refractivity contribution in [2.45, 2.75) is 31.1 Å². The van der Waals surface area contributed by atoms with E-state index >= 15 is 0 Å². The van der Waals surface area contributed by atoms with E-state index < -0.39 is 39.8 Å². The summed E-state index contributed by atoms with van der Waals surface area (Å²) < 4.78 is 78.3. The van der Waals surface area contributed by atoms with Gasteiger partial charge in [0.15, 0.2) is 0 Å².